The van der Waals surface area contributed by atoms with Gasteiger partial charge in [-0.2, -0.15) is 0 Å². The minimum absolute atomic E-state index is 0.0378. The number of benzene rings is 4. The van der Waals surface area contributed by atoms with Crippen LogP contribution < -0.4 is 14.2 Å². The van der Waals surface area contributed by atoms with E-state index in [0.29, 0.717) is 16.7 Å². The Labute approximate surface area is 318 Å². The highest BCUT2D eigenvalue weighted by Crippen LogP contribution is 2.44. The molecule has 0 spiro atoms. The number of esters is 2. The summed E-state index contributed by atoms with van der Waals surface area (Å²) in [6.45, 7) is -0.596. The highest BCUT2D eigenvalue weighted by molar-refractivity contribution is 5.88. The van der Waals surface area contributed by atoms with Gasteiger partial charge in [-0.15, -0.1) is 0 Å². The molecule has 2 heterocycles. The zero-order chi connectivity index (χ0) is 40.1. The lowest BCUT2D eigenvalue weighted by atomic mass is 9.93. The minimum Gasteiger partial charge on any atom is -0.508 e. The highest BCUT2D eigenvalue weighted by atomic mass is 16.7. The summed E-state index contributed by atoms with van der Waals surface area (Å²) in [6, 6.07) is 16.6. The molecule has 2 aliphatic heterocycles. The third-order valence-corrected chi connectivity index (χ3v) is 8.95. The fourth-order valence-corrected chi connectivity index (χ4v) is 6.04. The molecule has 6 rings (SSSR count). The Hall–Kier alpha value is -6.46. The third kappa shape index (κ3) is 9.07. The van der Waals surface area contributed by atoms with Crippen LogP contribution in [0.3, 0.4) is 0 Å². The molecule has 294 valence electrons. The maximum atomic E-state index is 13.1. The summed E-state index contributed by atoms with van der Waals surface area (Å²) >= 11 is 0. The van der Waals surface area contributed by atoms with Gasteiger partial charge in [-0.25, -0.2) is 9.59 Å². The van der Waals surface area contributed by atoms with Crippen LogP contribution in [0.2, 0.25) is 0 Å². The van der Waals surface area contributed by atoms with E-state index in [1.165, 1.54) is 79.9 Å². The standard InChI is InChI=1S/C40H38O16/c1-51-32-14-21(4-10-27(32)44)6-13-35(48)56-39-37(50)36(49)33(19-52-34(47)12-5-20-2-8-23(41)9-3-20)55-40(39)54-31-17-24(42)16-30-25(31)18-29(46)38(53-30)22-7-11-26(43)28(45)15-22/h2-17,29,33,36-46,49-50H,18-19H2,1H3. The molecule has 0 aromatic heterocycles. The highest BCUT2D eigenvalue weighted by Gasteiger charge is 2.49. The fourth-order valence-electron chi connectivity index (χ4n) is 6.04. The minimum atomic E-state index is -1.88. The molecule has 16 nitrogen and oxygen atoms in total. The zero-order valence-corrected chi connectivity index (χ0v) is 29.5. The Bertz CT molecular complexity index is 2110. The smallest absolute Gasteiger partial charge is 0.331 e. The first-order valence-electron chi connectivity index (χ1n) is 17.1. The first-order chi connectivity index (χ1) is 26.8. The van der Waals surface area contributed by atoms with E-state index in [4.69, 9.17) is 28.4 Å². The number of carbonyl (C=O) groups excluding carboxylic acids is 2. The molecule has 2 aliphatic rings. The Morgan fingerprint density at radius 3 is 2.18 bits per heavy atom. The van der Waals surface area contributed by atoms with E-state index in [9.17, 15) is 50.4 Å². The molecule has 16 heteroatoms. The lowest BCUT2D eigenvalue weighted by Crippen LogP contribution is -2.61. The number of carbonyl (C=O) groups is 2. The van der Waals surface area contributed by atoms with Gasteiger partial charge in [0.2, 0.25) is 6.29 Å². The lowest BCUT2D eigenvalue weighted by molar-refractivity contribution is -0.282. The van der Waals surface area contributed by atoms with Crippen molar-refractivity contribution in [1.29, 1.82) is 0 Å². The number of methoxy groups -OCH3 is 1. The molecular weight excluding hydrogens is 736 g/mol. The monoisotopic (exact) mass is 774 g/mol. The predicted octanol–water partition coefficient (Wildman–Crippen LogP) is 2.97. The number of phenolic OH excluding ortho intramolecular Hbond substituents is 5. The van der Waals surface area contributed by atoms with Crippen molar-refractivity contribution in [3.05, 3.63) is 107 Å². The number of fused-ring (bicyclic) bond motifs is 1. The van der Waals surface area contributed by atoms with E-state index < -0.39 is 67.2 Å². The average Bonchev–Trinajstić information content (AvgIpc) is 3.17. The Morgan fingerprint density at radius 1 is 0.750 bits per heavy atom. The SMILES string of the molecule is COc1cc(C=CC(=O)OC2C(Oc3cc(O)cc4c3CC(O)C(c3ccc(O)c(O)c3)O4)OC(COC(=O)C=Cc3ccc(O)cc3)C(O)C2O)ccc1O. The van der Waals surface area contributed by atoms with Gasteiger partial charge in [0.25, 0.3) is 0 Å². The number of aliphatic hydroxyl groups is 3. The summed E-state index contributed by atoms with van der Waals surface area (Å²) < 4.78 is 33.9. The molecule has 1 fully saturated rings. The van der Waals surface area contributed by atoms with Crippen molar-refractivity contribution in [2.75, 3.05) is 13.7 Å². The summed E-state index contributed by atoms with van der Waals surface area (Å²) in [5, 5.41) is 83.2. The first-order valence-corrected chi connectivity index (χ1v) is 17.1. The predicted molar refractivity (Wildman–Crippen MR) is 194 cm³/mol. The molecular formula is C40H38O16. The van der Waals surface area contributed by atoms with Crippen LogP contribution in [-0.4, -0.2) is 103 Å². The number of hydrogen-bond donors (Lipinski definition) is 8. The maximum Gasteiger partial charge on any atom is 0.331 e. The first kappa shape index (κ1) is 39.2. The number of aliphatic hydroxyl groups excluding tert-OH is 3. The lowest BCUT2D eigenvalue weighted by Gasteiger charge is -2.41. The molecule has 56 heavy (non-hydrogen) atoms. The Morgan fingerprint density at radius 2 is 1.45 bits per heavy atom. The van der Waals surface area contributed by atoms with Crippen molar-refractivity contribution in [1.82, 2.24) is 0 Å². The summed E-state index contributed by atoms with van der Waals surface area (Å²) in [4.78, 5) is 25.7. The maximum absolute atomic E-state index is 13.1. The second kappa shape index (κ2) is 16.9. The van der Waals surface area contributed by atoms with E-state index in [1.54, 1.807) is 12.1 Å². The Kier molecular flexibility index (Phi) is 11.9. The molecule has 1 saturated heterocycles. The van der Waals surface area contributed by atoms with Crippen molar-refractivity contribution in [2.45, 2.75) is 49.3 Å². The normalized spacial score (nSPS) is 23.2. The van der Waals surface area contributed by atoms with E-state index >= 15 is 0 Å². The van der Waals surface area contributed by atoms with Gasteiger partial charge in [-0.05, 0) is 65.2 Å². The van der Waals surface area contributed by atoms with E-state index in [2.05, 4.69) is 0 Å². The van der Waals surface area contributed by atoms with Crippen LogP contribution in [0, 0.1) is 0 Å². The van der Waals surface area contributed by atoms with Crippen molar-refractivity contribution in [3.8, 4) is 46.0 Å². The van der Waals surface area contributed by atoms with Crippen LogP contribution in [0.5, 0.6) is 46.0 Å². The van der Waals surface area contributed by atoms with Gasteiger partial charge in [0.15, 0.2) is 29.1 Å². The van der Waals surface area contributed by atoms with Gasteiger partial charge in [-0.1, -0.05) is 24.3 Å². The van der Waals surface area contributed by atoms with Gasteiger partial charge < -0.3 is 69.3 Å². The van der Waals surface area contributed by atoms with Crippen molar-refractivity contribution < 1.29 is 78.9 Å². The Balaban J connectivity index is 1.24. The van der Waals surface area contributed by atoms with Crippen molar-refractivity contribution in [3.63, 3.8) is 0 Å². The molecule has 8 N–H and O–H groups in total. The van der Waals surface area contributed by atoms with Crippen LogP contribution in [0.4, 0.5) is 0 Å². The molecule has 4 aromatic carbocycles. The quantitative estimate of drug-likeness (QED) is 0.0620. The molecule has 7 atom stereocenters. The van der Waals surface area contributed by atoms with Gasteiger partial charge in [0, 0.05) is 36.3 Å². The summed E-state index contributed by atoms with van der Waals surface area (Å²) in [5.41, 5.74) is 1.57. The van der Waals surface area contributed by atoms with Crippen LogP contribution in [0.1, 0.15) is 28.4 Å². The molecule has 0 bridgehead atoms. The molecule has 0 radical (unpaired) electrons. The number of ether oxygens (including phenoxy) is 6. The molecule has 0 saturated carbocycles. The van der Waals surface area contributed by atoms with Gasteiger partial charge >= 0.3 is 11.9 Å². The second-order valence-corrected chi connectivity index (χ2v) is 12.8. The van der Waals surface area contributed by atoms with Crippen LogP contribution in [-0.2, 0) is 30.2 Å². The van der Waals surface area contributed by atoms with E-state index in [-0.39, 0.29) is 52.2 Å². The van der Waals surface area contributed by atoms with Gasteiger partial charge in [0.1, 0.15) is 54.0 Å². The van der Waals surface area contributed by atoms with Gasteiger partial charge in [-0.3, -0.25) is 0 Å². The van der Waals surface area contributed by atoms with Crippen LogP contribution in [0.15, 0.2) is 84.9 Å². The molecule has 0 aliphatic carbocycles. The zero-order valence-electron chi connectivity index (χ0n) is 29.5. The van der Waals surface area contributed by atoms with Crippen LogP contribution in [0.25, 0.3) is 12.2 Å². The summed E-state index contributed by atoms with van der Waals surface area (Å²) in [7, 11) is 1.35. The number of phenols is 5. The molecule has 0 amide bonds. The molecule has 7 unspecified atom stereocenters. The number of rotatable bonds is 11. The second-order valence-electron chi connectivity index (χ2n) is 12.8. The number of aromatic hydroxyl groups is 5. The summed E-state index contributed by atoms with van der Waals surface area (Å²) in [6.07, 6.45) is -6.06. The van der Waals surface area contributed by atoms with E-state index in [0.717, 1.165) is 12.2 Å². The van der Waals surface area contributed by atoms with Crippen LogP contribution >= 0.6 is 0 Å². The number of hydrogen-bond acceptors (Lipinski definition) is 16. The average molecular weight is 775 g/mol. The third-order valence-electron chi connectivity index (χ3n) is 8.95. The van der Waals surface area contributed by atoms with E-state index in [1.807, 2.05) is 0 Å². The van der Waals surface area contributed by atoms with Crippen molar-refractivity contribution >= 4 is 24.1 Å². The fraction of sp³-hybridized carbons (Fsp3) is 0.250. The molecule has 4 aromatic rings. The topological polar surface area (TPSA) is 251 Å². The van der Waals surface area contributed by atoms with Crippen molar-refractivity contribution in [2.24, 2.45) is 0 Å². The largest absolute Gasteiger partial charge is 0.508 e. The summed E-state index contributed by atoms with van der Waals surface area (Å²) in [5.74, 6) is -3.02. The van der Waals surface area contributed by atoms with Gasteiger partial charge in [0.05, 0.1) is 13.2 Å².